The number of nitrogens with zero attached hydrogens (tertiary/aromatic N) is 1. The van der Waals surface area contributed by atoms with E-state index in [2.05, 4.69) is 12.6 Å². The van der Waals surface area contributed by atoms with Crippen molar-refractivity contribution in [2.75, 3.05) is 17.2 Å². The van der Waals surface area contributed by atoms with E-state index < -0.39 is 5.97 Å². The van der Waals surface area contributed by atoms with E-state index in [1.807, 2.05) is 0 Å². The quantitative estimate of drug-likeness (QED) is 0.838. The molecule has 1 aromatic rings. The largest absolute Gasteiger partial charge is 0.478 e. The molecule has 4 nitrogen and oxygen atoms in total. The van der Waals surface area contributed by atoms with Gasteiger partial charge >= 0.3 is 5.97 Å². The highest BCUT2D eigenvalue weighted by Gasteiger charge is 2.31. The van der Waals surface area contributed by atoms with Crippen molar-refractivity contribution in [1.29, 1.82) is 0 Å². The van der Waals surface area contributed by atoms with Crippen LogP contribution < -0.4 is 4.90 Å². The fraction of sp³-hybridized carbons (Fsp3) is 0.333. The lowest BCUT2D eigenvalue weighted by Crippen LogP contribution is -2.25. The number of hydrogen-bond acceptors (Lipinski definition) is 3. The van der Waals surface area contributed by atoms with Crippen LogP contribution in [-0.4, -0.2) is 29.3 Å². The zero-order valence-corrected chi connectivity index (χ0v) is 11.1. The topological polar surface area (TPSA) is 57.6 Å². The molecule has 0 bridgehead atoms. The minimum atomic E-state index is -1.04. The molecule has 0 aliphatic carbocycles. The van der Waals surface area contributed by atoms with Gasteiger partial charge in [0.15, 0.2) is 0 Å². The Balaban J connectivity index is 2.35. The first-order chi connectivity index (χ1) is 8.52. The van der Waals surface area contributed by atoms with Crippen molar-refractivity contribution < 1.29 is 14.7 Å². The van der Waals surface area contributed by atoms with Crippen LogP contribution in [-0.2, 0) is 4.79 Å². The van der Waals surface area contributed by atoms with Crippen LogP contribution in [0.1, 0.15) is 16.8 Å². The van der Waals surface area contributed by atoms with Gasteiger partial charge in [-0.3, -0.25) is 4.79 Å². The van der Waals surface area contributed by atoms with Gasteiger partial charge in [-0.25, -0.2) is 4.79 Å². The second-order valence-corrected chi connectivity index (χ2v) is 5.00. The van der Waals surface area contributed by atoms with Gasteiger partial charge in [0, 0.05) is 13.0 Å². The number of carboxylic acids is 1. The summed E-state index contributed by atoms with van der Waals surface area (Å²) >= 11 is 10.2. The van der Waals surface area contributed by atoms with E-state index >= 15 is 0 Å². The first-order valence-electron chi connectivity index (χ1n) is 5.47. The maximum Gasteiger partial charge on any atom is 0.335 e. The molecule has 1 amide bonds. The first-order valence-corrected chi connectivity index (χ1v) is 6.48. The van der Waals surface area contributed by atoms with E-state index in [9.17, 15) is 9.59 Å². The number of thiol groups is 1. The van der Waals surface area contributed by atoms with E-state index in [0.717, 1.165) is 0 Å². The summed E-state index contributed by atoms with van der Waals surface area (Å²) < 4.78 is 0. The number of halogens is 1. The van der Waals surface area contributed by atoms with Crippen LogP contribution in [0.15, 0.2) is 18.2 Å². The highest BCUT2D eigenvalue weighted by molar-refractivity contribution is 7.80. The van der Waals surface area contributed by atoms with Gasteiger partial charge in [-0.15, -0.1) is 0 Å². The van der Waals surface area contributed by atoms with E-state index in [1.54, 1.807) is 0 Å². The molecule has 0 spiro atoms. The maximum absolute atomic E-state index is 11.9. The molecule has 1 heterocycles. The van der Waals surface area contributed by atoms with E-state index in [4.69, 9.17) is 16.7 Å². The number of rotatable bonds is 3. The molecule has 1 fully saturated rings. The number of amides is 1. The third-order valence-corrected chi connectivity index (χ3v) is 3.78. The van der Waals surface area contributed by atoms with Crippen LogP contribution >= 0.6 is 24.2 Å². The Kier molecular flexibility index (Phi) is 3.82. The smallest absolute Gasteiger partial charge is 0.335 e. The Bertz CT molecular complexity index is 506. The highest BCUT2D eigenvalue weighted by atomic mass is 35.5. The van der Waals surface area contributed by atoms with Crippen molar-refractivity contribution in [2.24, 2.45) is 5.92 Å². The van der Waals surface area contributed by atoms with Gasteiger partial charge in [-0.2, -0.15) is 12.6 Å². The third-order valence-electron chi connectivity index (χ3n) is 2.95. The normalized spacial score (nSPS) is 19.3. The van der Waals surface area contributed by atoms with Crippen LogP contribution in [0.4, 0.5) is 5.69 Å². The predicted molar refractivity (Wildman–Crippen MR) is 72.7 cm³/mol. The summed E-state index contributed by atoms with van der Waals surface area (Å²) in [5.41, 5.74) is 0.586. The number of carbonyl (C=O) groups excluding carboxylic acids is 1. The maximum atomic E-state index is 11.9. The van der Waals surface area contributed by atoms with Gasteiger partial charge in [-0.1, -0.05) is 11.6 Å². The highest BCUT2D eigenvalue weighted by Crippen LogP contribution is 2.32. The lowest BCUT2D eigenvalue weighted by Gasteiger charge is -2.18. The van der Waals surface area contributed by atoms with E-state index in [1.165, 1.54) is 23.1 Å². The van der Waals surface area contributed by atoms with Gasteiger partial charge in [-0.05, 0) is 29.9 Å². The van der Waals surface area contributed by atoms with Gasteiger partial charge in [0.2, 0.25) is 5.91 Å². The second kappa shape index (κ2) is 5.20. The van der Waals surface area contributed by atoms with Crippen LogP contribution in [0.25, 0.3) is 0 Å². The first kappa shape index (κ1) is 13.2. The molecule has 0 saturated carbocycles. The standard InChI is InChI=1S/C12H12ClNO3S/c13-9-2-1-8(12(16)17)4-10(9)14-5-7(6-18)3-11(14)15/h1-2,4,7,18H,3,5-6H2,(H,16,17). The van der Waals surface area contributed by atoms with Crippen LogP contribution in [0.2, 0.25) is 5.02 Å². The lowest BCUT2D eigenvalue weighted by atomic mass is 10.1. The summed E-state index contributed by atoms with van der Waals surface area (Å²) in [7, 11) is 0. The van der Waals surface area contributed by atoms with Gasteiger partial charge in [0.05, 0.1) is 16.3 Å². The Hall–Kier alpha value is -1.20. The van der Waals surface area contributed by atoms with Crippen molar-refractivity contribution >= 4 is 41.8 Å². The predicted octanol–water partition coefficient (Wildman–Crippen LogP) is 2.32. The molecule has 1 saturated heterocycles. The molecular weight excluding hydrogens is 274 g/mol. The van der Waals surface area contributed by atoms with Crippen LogP contribution in [0, 0.1) is 5.92 Å². The van der Waals surface area contributed by atoms with Crippen molar-refractivity contribution in [3.05, 3.63) is 28.8 Å². The molecule has 1 aliphatic heterocycles. The minimum Gasteiger partial charge on any atom is -0.478 e. The van der Waals surface area contributed by atoms with Crippen LogP contribution in [0.5, 0.6) is 0 Å². The number of anilines is 1. The Morgan fingerprint density at radius 3 is 2.83 bits per heavy atom. The zero-order valence-electron chi connectivity index (χ0n) is 9.47. The molecular formula is C12H12ClNO3S. The summed E-state index contributed by atoms with van der Waals surface area (Å²) in [5.74, 6) is -0.271. The molecule has 1 N–H and O–H groups in total. The SMILES string of the molecule is O=C(O)c1ccc(Cl)c(N2CC(CS)CC2=O)c1. The number of carboxylic acid groups (broad SMARTS) is 1. The molecule has 1 unspecified atom stereocenters. The average Bonchev–Trinajstić information content (AvgIpc) is 2.71. The Labute approximate surface area is 115 Å². The zero-order chi connectivity index (χ0) is 13.3. The van der Waals surface area contributed by atoms with Crippen molar-refractivity contribution in [1.82, 2.24) is 0 Å². The number of aromatic carboxylic acids is 1. The molecule has 2 rings (SSSR count). The Morgan fingerprint density at radius 1 is 1.56 bits per heavy atom. The summed E-state index contributed by atoms with van der Waals surface area (Å²) in [6.45, 7) is 0.533. The van der Waals surface area contributed by atoms with Gasteiger partial charge in [0.25, 0.3) is 0 Å². The molecule has 0 aromatic heterocycles. The molecule has 18 heavy (non-hydrogen) atoms. The Morgan fingerprint density at radius 2 is 2.28 bits per heavy atom. The van der Waals surface area contributed by atoms with Crippen molar-refractivity contribution in [3.63, 3.8) is 0 Å². The third kappa shape index (κ3) is 2.47. The van der Waals surface area contributed by atoms with Gasteiger partial charge < -0.3 is 10.0 Å². The summed E-state index contributed by atoms with van der Waals surface area (Å²) in [5, 5.41) is 9.33. The molecule has 0 radical (unpaired) electrons. The fourth-order valence-corrected chi connectivity index (χ4v) is 2.45. The molecule has 1 aromatic carbocycles. The summed E-state index contributed by atoms with van der Waals surface area (Å²) in [6, 6.07) is 4.36. The number of carbonyl (C=O) groups is 2. The number of hydrogen-bond donors (Lipinski definition) is 2. The van der Waals surface area contributed by atoms with E-state index in [0.29, 0.717) is 29.4 Å². The number of benzene rings is 1. The van der Waals surface area contributed by atoms with Gasteiger partial charge in [0.1, 0.15) is 0 Å². The second-order valence-electron chi connectivity index (χ2n) is 4.23. The fourth-order valence-electron chi connectivity index (χ4n) is 1.99. The van der Waals surface area contributed by atoms with E-state index in [-0.39, 0.29) is 17.4 Å². The molecule has 1 atom stereocenters. The molecule has 96 valence electrons. The average molecular weight is 286 g/mol. The lowest BCUT2D eigenvalue weighted by molar-refractivity contribution is -0.117. The minimum absolute atomic E-state index is 0.0431. The molecule has 1 aliphatic rings. The van der Waals surface area contributed by atoms with Crippen LogP contribution in [0.3, 0.4) is 0 Å². The molecule has 6 heteroatoms. The van der Waals surface area contributed by atoms with Crippen molar-refractivity contribution in [3.8, 4) is 0 Å². The monoisotopic (exact) mass is 285 g/mol. The summed E-state index contributed by atoms with van der Waals surface area (Å²) in [4.78, 5) is 24.3. The summed E-state index contributed by atoms with van der Waals surface area (Å²) in [6.07, 6.45) is 0.428. The van der Waals surface area contributed by atoms with Crippen molar-refractivity contribution in [2.45, 2.75) is 6.42 Å².